The average molecular weight is 492 g/mol. The summed E-state index contributed by atoms with van der Waals surface area (Å²) in [7, 11) is -3.71. The Hall–Kier alpha value is -1.97. The molecule has 0 spiro atoms. The third-order valence-electron chi connectivity index (χ3n) is 7.74. The maximum Gasteiger partial charge on any atom is 0.251 e. The number of hydrogen-bond donors (Lipinski definition) is 2. The van der Waals surface area contributed by atoms with Crippen LogP contribution in [0.15, 0.2) is 29.2 Å². The molecule has 3 fully saturated rings. The fraction of sp³-hybridized carbons (Fsp3) is 0.680. The van der Waals surface area contributed by atoms with Gasteiger partial charge in [0.2, 0.25) is 15.9 Å². The Morgan fingerprint density at radius 2 is 1.79 bits per heavy atom. The highest BCUT2D eigenvalue weighted by Gasteiger charge is 2.42. The van der Waals surface area contributed by atoms with Crippen LogP contribution in [0.5, 0.6) is 0 Å². The van der Waals surface area contributed by atoms with Crippen molar-refractivity contribution in [3.05, 3.63) is 29.8 Å². The summed E-state index contributed by atoms with van der Waals surface area (Å²) < 4.78 is 32.6. The molecule has 3 aliphatic rings. The second-order valence-corrected chi connectivity index (χ2v) is 12.3. The van der Waals surface area contributed by atoms with Gasteiger partial charge in [-0.05, 0) is 68.1 Å². The summed E-state index contributed by atoms with van der Waals surface area (Å²) in [6.07, 6.45) is 5.02. The summed E-state index contributed by atoms with van der Waals surface area (Å²) >= 11 is 0. The Balaban J connectivity index is 1.42. The first-order valence-electron chi connectivity index (χ1n) is 12.5. The molecule has 1 heterocycles. The van der Waals surface area contributed by atoms with Crippen LogP contribution in [-0.2, 0) is 19.6 Å². The van der Waals surface area contributed by atoms with E-state index in [1.807, 2.05) is 13.8 Å². The molecule has 188 valence electrons. The molecule has 5 atom stereocenters. The molecule has 1 aromatic rings. The van der Waals surface area contributed by atoms with E-state index in [-0.39, 0.29) is 41.4 Å². The molecule has 0 aromatic heterocycles. The van der Waals surface area contributed by atoms with E-state index in [9.17, 15) is 18.0 Å². The molecule has 4 rings (SSSR count). The maximum absolute atomic E-state index is 13.1. The Kier molecular flexibility index (Phi) is 7.64. The summed E-state index contributed by atoms with van der Waals surface area (Å²) in [5, 5.41) is 6.00. The number of morpholine rings is 1. The molecule has 2 N–H and O–H groups in total. The van der Waals surface area contributed by atoms with Crippen molar-refractivity contribution in [2.45, 2.75) is 63.4 Å². The zero-order valence-corrected chi connectivity index (χ0v) is 21.1. The second-order valence-electron chi connectivity index (χ2n) is 10.4. The first kappa shape index (κ1) is 25.1. The molecule has 1 aromatic carbocycles. The molecule has 2 amide bonds. The van der Waals surface area contributed by atoms with E-state index in [0.717, 1.165) is 5.92 Å². The van der Waals surface area contributed by atoms with Crippen LogP contribution in [0.2, 0.25) is 0 Å². The van der Waals surface area contributed by atoms with Gasteiger partial charge in [-0.25, -0.2) is 8.42 Å². The number of rotatable bonds is 8. The number of amides is 2. The average Bonchev–Trinajstić information content (AvgIpc) is 3.46. The Labute approximate surface area is 202 Å². The van der Waals surface area contributed by atoms with Gasteiger partial charge in [-0.2, -0.15) is 4.31 Å². The van der Waals surface area contributed by atoms with Crippen LogP contribution < -0.4 is 10.6 Å². The molecular formula is C25H37N3O5S. The number of carbonyl (C=O) groups excluding carboxylic acids is 2. The van der Waals surface area contributed by atoms with Crippen molar-refractivity contribution < 1.29 is 22.7 Å². The van der Waals surface area contributed by atoms with Crippen molar-refractivity contribution in [3.63, 3.8) is 0 Å². The van der Waals surface area contributed by atoms with Crippen molar-refractivity contribution >= 4 is 21.8 Å². The lowest BCUT2D eigenvalue weighted by molar-refractivity contribution is -0.125. The lowest BCUT2D eigenvalue weighted by Crippen LogP contribution is -2.53. The predicted molar refractivity (Wildman–Crippen MR) is 129 cm³/mol. The number of nitrogens with zero attached hydrogens (tertiary/aromatic N) is 1. The second kappa shape index (κ2) is 10.3. The molecule has 1 aliphatic heterocycles. The Morgan fingerprint density at radius 1 is 1.06 bits per heavy atom. The first-order chi connectivity index (χ1) is 16.2. The summed E-state index contributed by atoms with van der Waals surface area (Å²) in [5.41, 5.74) is 0.217. The van der Waals surface area contributed by atoms with Crippen LogP contribution in [0.4, 0.5) is 0 Å². The third kappa shape index (κ3) is 5.31. The van der Waals surface area contributed by atoms with Crippen LogP contribution in [-0.4, -0.2) is 62.9 Å². The molecule has 4 unspecified atom stereocenters. The number of carbonyl (C=O) groups is 2. The SMILES string of the molecule is CC(NC(=O)[C@@H](NC(=O)c1cccc(S(=O)(=O)N2CCOCC2)c1)C(C)C)C1CC2CCC1C2. The number of benzene rings is 1. The molecule has 2 saturated carbocycles. The molecule has 1 saturated heterocycles. The number of nitrogens with one attached hydrogen (secondary N) is 2. The number of hydrogen-bond acceptors (Lipinski definition) is 5. The highest BCUT2D eigenvalue weighted by molar-refractivity contribution is 7.89. The van der Waals surface area contributed by atoms with Crippen molar-refractivity contribution in [3.8, 4) is 0 Å². The summed E-state index contributed by atoms with van der Waals surface area (Å²) in [5.74, 6) is 1.25. The predicted octanol–water partition coefficient (Wildman–Crippen LogP) is 2.40. The van der Waals surface area contributed by atoms with Crippen molar-refractivity contribution in [2.24, 2.45) is 23.7 Å². The topological polar surface area (TPSA) is 105 Å². The fourth-order valence-corrected chi connectivity index (χ4v) is 7.28. The Morgan fingerprint density at radius 3 is 2.41 bits per heavy atom. The highest BCUT2D eigenvalue weighted by atomic mass is 32.2. The minimum Gasteiger partial charge on any atom is -0.379 e. The van der Waals surface area contributed by atoms with E-state index in [2.05, 4.69) is 17.6 Å². The van der Waals surface area contributed by atoms with Gasteiger partial charge in [0.05, 0.1) is 18.1 Å². The molecule has 0 radical (unpaired) electrons. The van der Waals surface area contributed by atoms with E-state index in [1.165, 1.54) is 42.1 Å². The maximum atomic E-state index is 13.1. The first-order valence-corrected chi connectivity index (χ1v) is 13.9. The summed E-state index contributed by atoms with van der Waals surface area (Å²) in [6, 6.07) is 5.37. The molecule has 8 nitrogen and oxygen atoms in total. The quantitative estimate of drug-likeness (QED) is 0.581. The van der Waals surface area contributed by atoms with Gasteiger partial charge in [0, 0.05) is 24.7 Å². The van der Waals surface area contributed by atoms with Crippen LogP contribution >= 0.6 is 0 Å². The van der Waals surface area contributed by atoms with Gasteiger partial charge in [-0.3, -0.25) is 9.59 Å². The smallest absolute Gasteiger partial charge is 0.251 e. The van der Waals surface area contributed by atoms with Crippen LogP contribution in [0.3, 0.4) is 0 Å². The van der Waals surface area contributed by atoms with Crippen molar-refractivity contribution in [2.75, 3.05) is 26.3 Å². The van der Waals surface area contributed by atoms with E-state index < -0.39 is 22.0 Å². The zero-order valence-electron chi connectivity index (χ0n) is 20.3. The zero-order chi connectivity index (χ0) is 24.5. The van der Waals surface area contributed by atoms with Gasteiger partial charge in [-0.1, -0.05) is 26.3 Å². The lowest BCUT2D eigenvalue weighted by Gasteiger charge is -2.31. The van der Waals surface area contributed by atoms with Gasteiger partial charge < -0.3 is 15.4 Å². The van der Waals surface area contributed by atoms with Crippen molar-refractivity contribution in [1.82, 2.24) is 14.9 Å². The Bertz CT molecular complexity index is 1010. The van der Waals surface area contributed by atoms with E-state index in [1.54, 1.807) is 12.1 Å². The number of fused-ring (bicyclic) bond motifs is 2. The lowest BCUT2D eigenvalue weighted by atomic mass is 9.84. The minimum absolute atomic E-state index is 0.0671. The standard InChI is InChI=1S/C25H37N3O5S/c1-16(2)23(25(30)26-17(3)22-14-18-7-8-19(22)13-18)27-24(29)20-5-4-6-21(15-20)34(31,32)28-9-11-33-12-10-28/h4-6,15-19,22-23H,7-14H2,1-3H3,(H,26,30)(H,27,29)/t17?,18?,19?,22?,23-/m0/s1. The molecule has 2 aliphatic carbocycles. The molecular weight excluding hydrogens is 454 g/mol. The van der Waals surface area contributed by atoms with Gasteiger partial charge >= 0.3 is 0 Å². The van der Waals surface area contributed by atoms with Crippen molar-refractivity contribution in [1.29, 1.82) is 0 Å². The van der Waals surface area contributed by atoms with Gasteiger partial charge in [0.15, 0.2) is 0 Å². The number of sulfonamides is 1. The van der Waals surface area contributed by atoms with E-state index in [4.69, 9.17) is 4.74 Å². The third-order valence-corrected chi connectivity index (χ3v) is 9.64. The highest BCUT2D eigenvalue weighted by Crippen LogP contribution is 2.49. The summed E-state index contributed by atoms with van der Waals surface area (Å²) in [6.45, 7) is 7.14. The van der Waals surface area contributed by atoms with Crippen LogP contribution in [0, 0.1) is 23.7 Å². The van der Waals surface area contributed by atoms with Crippen LogP contribution in [0.25, 0.3) is 0 Å². The van der Waals surface area contributed by atoms with E-state index in [0.29, 0.717) is 25.0 Å². The van der Waals surface area contributed by atoms with E-state index >= 15 is 0 Å². The summed E-state index contributed by atoms with van der Waals surface area (Å²) in [4.78, 5) is 26.2. The molecule has 34 heavy (non-hydrogen) atoms. The van der Waals surface area contributed by atoms with Gasteiger partial charge in [0.25, 0.3) is 5.91 Å². The van der Waals surface area contributed by atoms with Gasteiger partial charge in [-0.15, -0.1) is 0 Å². The number of ether oxygens (including phenoxy) is 1. The van der Waals surface area contributed by atoms with Crippen LogP contribution in [0.1, 0.15) is 56.8 Å². The largest absolute Gasteiger partial charge is 0.379 e. The fourth-order valence-electron chi connectivity index (χ4n) is 5.82. The monoisotopic (exact) mass is 491 g/mol. The molecule has 9 heteroatoms. The normalized spacial score (nSPS) is 26.9. The van der Waals surface area contributed by atoms with Gasteiger partial charge in [0.1, 0.15) is 6.04 Å². The molecule has 2 bridgehead atoms. The minimum atomic E-state index is -3.71.